The number of hydrogen-bond donors (Lipinski definition) is 0. The zero-order valence-corrected chi connectivity index (χ0v) is 8.06. The summed E-state index contributed by atoms with van der Waals surface area (Å²) in [4.78, 5) is 0. The first-order valence-electron chi connectivity index (χ1n) is 3.53. The molecule has 0 aliphatic heterocycles. The highest BCUT2D eigenvalue weighted by atomic mass is 35.5. The van der Waals surface area contributed by atoms with E-state index in [4.69, 9.17) is 11.6 Å². The average Bonchev–Trinajstić information content (AvgIpc) is 2.58. The number of nitrogens with zero attached hydrogens (tertiary/aromatic N) is 2. The summed E-state index contributed by atoms with van der Waals surface area (Å²) < 4.78 is 1.84. The predicted molar refractivity (Wildman–Crippen MR) is 51.2 cm³/mol. The van der Waals surface area contributed by atoms with Gasteiger partial charge in [-0.25, -0.2) is 4.68 Å². The maximum atomic E-state index is 5.76. The molecule has 0 aliphatic rings. The molecule has 0 N–H and O–H groups in total. The van der Waals surface area contributed by atoms with Gasteiger partial charge in [-0.15, -0.1) is 11.3 Å². The molecule has 2 nitrogen and oxygen atoms in total. The van der Waals surface area contributed by atoms with Gasteiger partial charge in [-0.05, 0) is 30.5 Å². The van der Waals surface area contributed by atoms with Crippen LogP contribution in [0.2, 0.25) is 5.15 Å². The average molecular weight is 199 g/mol. The maximum absolute atomic E-state index is 5.76. The van der Waals surface area contributed by atoms with Gasteiger partial charge >= 0.3 is 0 Å². The Kier molecular flexibility index (Phi) is 1.90. The number of aryl methyl sites for hydroxylation is 1. The minimum absolute atomic E-state index is 0.543. The molecule has 2 aromatic heterocycles. The number of thiophene rings is 1. The van der Waals surface area contributed by atoms with Crippen LogP contribution in [0.15, 0.2) is 23.6 Å². The van der Waals surface area contributed by atoms with Gasteiger partial charge < -0.3 is 0 Å². The van der Waals surface area contributed by atoms with Crippen LogP contribution in [-0.4, -0.2) is 9.78 Å². The molecule has 0 aromatic carbocycles. The Morgan fingerprint density at radius 1 is 1.58 bits per heavy atom. The van der Waals surface area contributed by atoms with E-state index in [9.17, 15) is 0 Å². The van der Waals surface area contributed by atoms with E-state index in [1.807, 2.05) is 35.2 Å². The van der Waals surface area contributed by atoms with E-state index in [0.29, 0.717) is 5.15 Å². The maximum Gasteiger partial charge on any atom is 0.151 e. The van der Waals surface area contributed by atoms with Crippen molar-refractivity contribution in [2.75, 3.05) is 0 Å². The van der Waals surface area contributed by atoms with Gasteiger partial charge in [-0.2, -0.15) is 5.10 Å². The summed E-state index contributed by atoms with van der Waals surface area (Å²) in [5, 5.41) is 7.80. The second kappa shape index (κ2) is 2.92. The standard InChI is InChI=1S/C8H7ClN2S/c1-6-5-7(9)10-11(6)8-3-2-4-12-8/h2-5H,1H3. The Labute approximate surface area is 79.4 Å². The largest absolute Gasteiger partial charge is 0.227 e. The van der Waals surface area contributed by atoms with Crippen molar-refractivity contribution >= 4 is 22.9 Å². The first kappa shape index (κ1) is 7.83. The highest BCUT2D eigenvalue weighted by Gasteiger charge is 2.03. The van der Waals surface area contributed by atoms with Gasteiger partial charge in [0.25, 0.3) is 0 Å². The molecule has 0 bridgehead atoms. The summed E-state index contributed by atoms with van der Waals surface area (Å²) in [7, 11) is 0. The van der Waals surface area contributed by atoms with Crippen LogP contribution in [0.3, 0.4) is 0 Å². The molecule has 0 aliphatic carbocycles. The number of hydrogen-bond acceptors (Lipinski definition) is 2. The molecular formula is C8H7ClN2S. The highest BCUT2D eigenvalue weighted by molar-refractivity contribution is 7.12. The summed E-state index contributed by atoms with van der Waals surface area (Å²) in [6, 6.07) is 5.86. The number of rotatable bonds is 1. The molecule has 0 saturated carbocycles. The lowest BCUT2D eigenvalue weighted by Gasteiger charge is -1.97. The third kappa shape index (κ3) is 1.26. The Morgan fingerprint density at radius 2 is 2.42 bits per heavy atom. The lowest BCUT2D eigenvalue weighted by molar-refractivity contribution is 0.863. The van der Waals surface area contributed by atoms with E-state index in [1.54, 1.807) is 11.3 Å². The number of halogens is 1. The lowest BCUT2D eigenvalue weighted by atomic mass is 10.5. The van der Waals surface area contributed by atoms with Crippen LogP contribution < -0.4 is 0 Å². The molecule has 2 heterocycles. The second-order valence-electron chi connectivity index (χ2n) is 2.47. The van der Waals surface area contributed by atoms with Gasteiger partial charge in [-0.3, -0.25) is 0 Å². The molecular weight excluding hydrogens is 192 g/mol. The van der Waals surface area contributed by atoms with Crippen molar-refractivity contribution < 1.29 is 0 Å². The summed E-state index contributed by atoms with van der Waals surface area (Å²) in [5.41, 5.74) is 1.06. The van der Waals surface area contributed by atoms with E-state index in [-0.39, 0.29) is 0 Å². The van der Waals surface area contributed by atoms with E-state index in [0.717, 1.165) is 10.7 Å². The van der Waals surface area contributed by atoms with Gasteiger partial charge in [0, 0.05) is 5.69 Å². The zero-order chi connectivity index (χ0) is 8.55. The molecule has 0 atom stereocenters. The fraction of sp³-hybridized carbons (Fsp3) is 0.125. The molecule has 2 rings (SSSR count). The highest BCUT2D eigenvalue weighted by Crippen LogP contribution is 2.18. The van der Waals surface area contributed by atoms with Crippen molar-refractivity contribution in [3.05, 3.63) is 34.4 Å². The molecule has 0 spiro atoms. The van der Waals surface area contributed by atoms with Crippen molar-refractivity contribution in [3.63, 3.8) is 0 Å². The van der Waals surface area contributed by atoms with Crippen molar-refractivity contribution in [2.24, 2.45) is 0 Å². The Bertz CT molecular complexity index is 378. The van der Waals surface area contributed by atoms with Crippen LogP contribution in [-0.2, 0) is 0 Å². The summed E-state index contributed by atoms with van der Waals surface area (Å²) >= 11 is 7.40. The van der Waals surface area contributed by atoms with Gasteiger partial charge in [0.05, 0.1) is 0 Å². The van der Waals surface area contributed by atoms with Crippen molar-refractivity contribution in [3.8, 4) is 5.00 Å². The summed E-state index contributed by atoms with van der Waals surface area (Å²) in [5.74, 6) is 0. The van der Waals surface area contributed by atoms with Gasteiger partial charge in [0.15, 0.2) is 5.15 Å². The van der Waals surface area contributed by atoms with Gasteiger partial charge in [0.2, 0.25) is 0 Å². The van der Waals surface area contributed by atoms with Crippen LogP contribution in [0.1, 0.15) is 5.69 Å². The lowest BCUT2D eigenvalue weighted by Crippen LogP contribution is -1.94. The van der Waals surface area contributed by atoms with Crippen LogP contribution in [0.5, 0.6) is 0 Å². The minimum Gasteiger partial charge on any atom is -0.227 e. The quantitative estimate of drug-likeness (QED) is 0.689. The fourth-order valence-corrected chi connectivity index (χ4v) is 2.02. The Hall–Kier alpha value is -0.800. The molecule has 0 fully saturated rings. The first-order chi connectivity index (χ1) is 5.77. The van der Waals surface area contributed by atoms with Crippen molar-refractivity contribution in [1.82, 2.24) is 9.78 Å². The SMILES string of the molecule is Cc1cc(Cl)nn1-c1cccs1. The zero-order valence-electron chi connectivity index (χ0n) is 6.49. The molecule has 0 saturated heterocycles. The van der Waals surface area contributed by atoms with Crippen LogP contribution in [0.4, 0.5) is 0 Å². The van der Waals surface area contributed by atoms with Crippen molar-refractivity contribution in [2.45, 2.75) is 6.92 Å². The normalized spacial score (nSPS) is 10.5. The van der Waals surface area contributed by atoms with E-state index in [1.165, 1.54) is 0 Å². The van der Waals surface area contributed by atoms with Crippen LogP contribution in [0, 0.1) is 6.92 Å². The molecule has 0 unspecified atom stereocenters. The summed E-state index contributed by atoms with van der Waals surface area (Å²) in [6.45, 7) is 1.98. The first-order valence-corrected chi connectivity index (χ1v) is 4.79. The Morgan fingerprint density at radius 3 is 2.92 bits per heavy atom. The molecule has 0 radical (unpaired) electrons. The van der Waals surface area contributed by atoms with E-state index >= 15 is 0 Å². The minimum atomic E-state index is 0.543. The molecule has 4 heteroatoms. The van der Waals surface area contributed by atoms with Crippen molar-refractivity contribution in [1.29, 1.82) is 0 Å². The van der Waals surface area contributed by atoms with Crippen LogP contribution >= 0.6 is 22.9 Å². The summed E-state index contributed by atoms with van der Waals surface area (Å²) in [6.07, 6.45) is 0. The second-order valence-corrected chi connectivity index (χ2v) is 3.78. The van der Waals surface area contributed by atoms with Gasteiger partial charge in [0.1, 0.15) is 5.00 Å². The van der Waals surface area contributed by atoms with Gasteiger partial charge in [-0.1, -0.05) is 11.6 Å². The predicted octanol–water partition coefficient (Wildman–Crippen LogP) is 2.90. The number of aromatic nitrogens is 2. The third-order valence-electron chi connectivity index (χ3n) is 1.57. The van der Waals surface area contributed by atoms with Crippen LogP contribution in [0.25, 0.3) is 5.00 Å². The van der Waals surface area contributed by atoms with E-state index in [2.05, 4.69) is 5.10 Å². The molecule has 2 aromatic rings. The third-order valence-corrected chi connectivity index (χ3v) is 2.60. The molecule has 0 amide bonds. The smallest absolute Gasteiger partial charge is 0.151 e. The fourth-order valence-electron chi connectivity index (χ4n) is 1.05. The Balaban J connectivity index is 2.54. The molecule has 12 heavy (non-hydrogen) atoms. The monoisotopic (exact) mass is 198 g/mol. The topological polar surface area (TPSA) is 17.8 Å². The molecule has 62 valence electrons. The van der Waals surface area contributed by atoms with E-state index < -0.39 is 0 Å².